The summed E-state index contributed by atoms with van der Waals surface area (Å²) in [5.74, 6) is -0.471. The zero-order chi connectivity index (χ0) is 29.5. The van der Waals surface area contributed by atoms with Crippen LogP contribution in [0, 0.1) is 11.6 Å². The van der Waals surface area contributed by atoms with Gasteiger partial charge < -0.3 is 14.2 Å². The van der Waals surface area contributed by atoms with Crippen LogP contribution in [0.25, 0.3) is 10.9 Å². The van der Waals surface area contributed by atoms with Gasteiger partial charge in [0.2, 0.25) is 0 Å². The summed E-state index contributed by atoms with van der Waals surface area (Å²) in [4.78, 5) is 29.5. The van der Waals surface area contributed by atoms with E-state index in [0.717, 1.165) is 5.56 Å². The number of fused-ring (bicyclic) bond motifs is 1. The van der Waals surface area contributed by atoms with Gasteiger partial charge in [-0.15, -0.1) is 0 Å². The number of Topliss-reactive ketones (excluding diaryl/α,β-unsaturated/α-hetero) is 1. The van der Waals surface area contributed by atoms with Crippen molar-refractivity contribution in [2.75, 3.05) is 7.11 Å². The summed E-state index contributed by atoms with van der Waals surface area (Å²) in [6.45, 7) is 0.158. The first-order valence-electron chi connectivity index (χ1n) is 13.3. The molecule has 0 saturated heterocycles. The van der Waals surface area contributed by atoms with Crippen molar-refractivity contribution >= 4 is 22.7 Å². The lowest BCUT2D eigenvalue weighted by molar-refractivity contribution is -0.144. The molecule has 0 aliphatic carbocycles. The zero-order valence-corrected chi connectivity index (χ0v) is 22.8. The van der Waals surface area contributed by atoms with Gasteiger partial charge in [-0.05, 0) is 47.0 Å². The van der Waals surface area contributed by atoms with Crippen LogP contribution in [0.2, 0.25) is 0 Å². The Morgan fingerprint density at radius 1 is 0.762 bits per heavy atom. The molecule has 42 heavy (non-hydrogen) atoms. The minimum Gasteiger partial charge on any atom is -0.496 e. The molecule has 0 unspecified atom stereocenters. The summed E-state index contributed by atoms with van der Waals surface area (Å²) >= 11 is 0. The fraction of sp³-hybridized carbons (Fsp3) is 0.147. The number of hydrogen-bond donors (Lipinski definition) is 0. The molecule has 8 heteroatoms. The average Bonchev–Trinajstić information content (AvgIpc) is 2.99. The minimum atomic E-state index is -0.582. The smallest absolute Gasteiger partial charge is 0.310 e. The van der Waals surface area contributed by atoms with Crippen LogP contribution in [0.3, 0.4) is 0 Å². The van der Waals surface area contributed by atoms with Gasteiger partial charge in [0.15, 0.2) is 0 Å². The number of aromatic nitrogens is 1. The van der Waals surface area contributed by atoms with Crippen LogP contribution in [0.5, 0.6) is 17.2 Å². The highest BCUT2D eigenvalue weighted by atomic mass is 19.1. The second kappa shape index (κ2) is 13.0. The number of benzene rings is 4. The van der Waals surface area contributed by atoms with Gasteiger partial charge >= 0.3 is 5.97 Å². The Hall–Kier alpha value is -5.11. The standard InChI is InChI=1S/C34H27F2NO5/c1-40-33-20-31-29(17-25(33)18-34(39)41-21-23-5-3-2-4-6-23)32(13-14-37-31)42-28-12-9-24(30(36)19-28)16-27(38)15-22-7-10-26(35)11-8-22/h2-14,17,19-20H,15-16,18,21H2,1H3. The van der Waals surface area contributed by atoms with Crippen molar-refractivity contribution in [3.63, 3.8) is 0 Å². The maximum atomic E-state index is 15.0. The first kappa shape index (κ1) is 28.4. The highest BCUT2D eigenvalue weighted by Gasteiger charge is 2.16. The van der Waals surface area contributed by atoms with E-state index >= 15 is 0 Å². The molecule has 0 amide bonds. The topological polar surface area (TPSA) is 74.7 Å². The second-order valence-electron chi connectivity index (χ2n) is 9.69. The third-order valence-corrected chi connectivity index (χ3v) is 6.64. The maximum absolute atomic E-state index is 15.0. The van der Waals surface area contributed by atoms with E-state index in [1.165, 1.54) is 43.5 Å². The van der Waals surface area contributed by atoms with Gasteiger partial charge in [-0.2, -0.15) is 0 Å². The number of halogens is 2. The van der Waals surface area contributed by atoms with E-state index in [0.29, 0.717) is 33.5 Å². The Morgan fingerprint density at radius 3 is 2.29 bits per heavy atom. The lowest BCUT2D eigenvalue weighted by Gasteiger charge is -2.14. The monoisotopic (exact) mass is 567 g/mol. The summed E-state index contributed by atoms with van der Waals surface area (Å²) in [6.07, 6.45) is 1.50. The molecular weight excluding hydrogens is 540 g/mol. The predicted molar refractivity (Wildman–Crippen MR) is 154 cm³/mol. The van der Waals surface area contributed by atoms with Crippen molar-refractivity contribution in [1.82, 2.24) is 4.98 Å². The van der Waals surface area contributed by atoms with Crippen molar-refractivity contribution in [3.05, 3.63) is 131 Å². The number of rotatable bonds is 11. The van der Waals surface area contributed by atoms with Gasteiger partial charge in [0.1, 0.15) is 41.3 Å². The highest BCUT2D eigenvalue weighted by molar-refractivity contribution is 5.89. The average molecular weight is 568 g/mol. The van der Waals surface area contributed by atoms with Gasteiger partial charge in [0.25, 0.3) is 0 Å². The van der Waals surface area contributed by atoms with E-state index in [1.807, 2.05) is 30.3 Å². The van der Waals surface area contributed by atoms with Crippen molar-refractivity contribution in [2.24, 2.45) is 0 Å². The van der Waals surface area contributed by atoms with Crippen molar-refractivity contribution in [1.29, 1.82) is 0 Å². The molecule has 5 rings (SSSR count). The number of ketones is 1. The van der Waals surface area contributed by atoms with Crippen LogP contribution in [0.4, 0.5) is 8.78 Å². The first-order chi connectivity index (χ1) is 20.4. The van der Waals surface area contributed by atoms with Crippen molar-refractivity contribution in [3.8, 4) is 17.2 Å². The number of hydrogen-bond acceptors (Lipinski definition) is 6. The molecule has 5 aromatic rings. The zero-order valence-electron chi connectivity index (χ0n) is 22.8. The molecule has 212 valence electrons. The SMILES string of the molecule is COc1cc2nccc(Oc3ccc(CC(=O)Cc4ccc(F)cc4)c(F)c3)c2cc1CC(=O)OCc1ccccc1. The maximum Gasteiger partial charge on any atom is 0.310 e. The molecule has 0 aliphatic rings. The van der Waals surface area contributed by atoms with E-state index < -0.39 is 11.8 Å². The number of esters is 1. The predicted octanol–water partition coefficient (Wildman–Crippen LogP) is 6.95. The Labute approximate surface area is 241 Å². The molecule has 0 fully saturated rings. The highest BCUT2D eigenvalue weighted by Crippen LogP contribution is 2.34. The van der Waals surface area contributed by atoms with Crippen LogP contribution >= 0.6 is 0 Å². The van der Waals surface area contributed by atoms with E-state index in [4.69, 9.17) is 14.2 Å². The summed E-state index contributed by atoms with van der Waals surface area (Å²) in [7, 11) is 1.51. The quantitative estimate of drug-likeness (QED) is 0.161. The lowest BCUT2D eigenvalue weighted by atomic mass is 10.0. The molecule has 0 spiro atoms. The third kappa shape index (κ3) is 7.14. The van der Waals surface area contributed by atoms with Crippen LogP contribution in [0.15, 0.2) is 97.2 Å². The van der Waals surface area contributed by atoms with E-state index in [-0.39, 0.29) is 48.8 Å². The largest absolute Gasteiger partial charge is 0.496 e. The summed E-state index contributed by atoms with van der Waals surface area (Å²) in [5.41, 5.74) is 2.92. The normalized spacial score (nSPS) is 10.8. The molecule has 0 radical (unpaired) electrons. The van der Waals surface area contributed by atoms with Gasteiger partial charge in [0, 0.05) is 42.1 Å². The van der Waals surface area contributed by atoms with Gasteiger partial charge in [-0.1, -0.05) is 48.5 Å². The van der Waals surface area contributed by atoms with E-state index in [2.05, 4.69) is 4.98 Å². The fourth-order valence-electron chi connectivity index (χ4n) is 4.52. The van der Waals surface area contributed by atoms with Crippen molar-refractivity contribution < 1.29 is 32.6 Å². The third-order valence-electron chi connectivity index (χ3n) is 6.64. The number of ether oxygens (including phenoxy) is 3. The number of carbonyl (C=O) groups is 2. The Balaban J connectivity index is 1.30. The molecule has 4 aromatic carbocycles. The van der Waals surface area contributed by atoms with Gasteiger partial charge in [0.05, 0.1) is 19.0 Å². The molecule has 0 atom stereocenters. The number of nitrogens with zero attached hydrogens (tertiary/aromatic N) is 1. The number of carbonyl (C=O) groups excluding carboxylic acids is 2. The minimum absolute atomic E-state index is 0.0322. The van der Waals surface area contributed by atoms with Crippen LogP contribution in [-0.2, 0) is 40.2 Å². The second-order valence-corrected chi connectivity index (χ2v) is 9.69. The van der Waals surface area contributed by atoms with Crippen LogP contribution in [0.1, 0.15) is 22.3 Å². The summed E-state index contributed by atoms with van der Waals surface area (Å²) < 4.78 is 45.0. The molecule has 0 N–H and O–H groups in total. The molecule has 0 bridgehead atoms. The van der Waals surface area contributed by atoms with E-state index in [9.17, 15) is 18.4 Å². The fourth-order valence-corrected chi connectivity index (χ4v) is 4.52. The molecular formula is C34H27F2NO5. The number of methoxy groups -OCH3 is 1. The Kier molecular flexibility index (Phi) is 8.82. The summed E-state index contributed by atoms with van der Waals surface area (Å²) in [6, 6.07) is 24.4. The molecule has 0 saturated carbocycles. The molecule has 1 heterocycles. The summed E-state index contributed by atoms with van der Waals surface area (Å²) in [5, 5.41) is 0.600. The van der Waals surface area contributed by atoms with Gasteiger partial charge in [-0.3, -0.25) is 14.6 Å². The van der Waals surface area contributed by atoms with Gasteiger partial charge in [-0.25, -0.2) is 8.78 Å². The van der Waals surface area contributed by atoms with Crippen LogP contribution in [-0.4, -0.2) is 23.8 Å². The Morgan fingerprint density at radius 2 is 1.55 bits per heavy atom. The first-order valence-corrected chi connectivity index (χ1v) is 13.3. The Bertz CT molecular complexity index is 1720. The van der Waals surface area contributed by atoms with E-state index in [1.54, 1.807) is 30.5 Å². The van der Waals surface area contributed by atoms with Crippen molar-refractivity contribution in [2.45, 2.75) is 25.9 Å². The molecule has 0 aliphatic heterocycles. The molecule has 6 nitrogen and oxygen atoms in total. The lowest BCUT2D eigenvalue weighted by Crippen LogP contribution is -2.09. The number of pyridine rings is 1. The van der Waals surface area contributed by atoms with Crippen LogP contribution < -0.4 is 9.47 Å². The molecule has 1 aromatic heterocycles.